The Morgan fingerprint density at radius 1 is 1.17 bits per heavy atom. The average molecular weight is 334 g/mol. The second kappa shape index (κ2) is 5.94. The largest absolute Gasteiger partial charge is 0.497 e. The summed E-state index contributed by atoms with van der Waals surface area (Å²) in [5.74, 6) is 0.681. The number of nitrogens with zero attached hydrogens (tertiary/aromatic N) is 1. The fourth-order valence-electron chi connectivity index (χ4n) is 2.60. The van der Waals surface area contributed by atoms with Crippen LogP contribution in [0.25, 0.3) is 21.5 Å². The Kier molecular flexibility index (Phi) is 3.63. The Morgan fingerprint density at radius 3 is 2.96 bits per heavy atom. The van der Waals surface area contributed by atoms with Gasteiger partial charge in [0.25, 0.3) is 0 Å². The Bertz CT molecular complexity index is 1030. The number of hydrogen-bond acceptors (Lipinski definition) is 4. The number of hydrogen-bond donors (Lipinski definition) is 1. The molecule has 4 rings (SSSR count). The second-order valence-electron chi connectivity index (χ2n) is 5.36. The lowest BCUT2D eigenvalue weighted by molar-refractivity contribution is 0.104. The number of H-pyrrole nitrogens is 1. The fraction of sp³-hybridized carbons (Fsp3) is 0.0526. The van der Waals surface area contributed by atoms with Crippen molar-refractivity contribution in [2.45, 2.75) is 0 Å². The van der Waals surface area contributed by atoms with Crippen molar-refractivity contribution in [2.75, 3.05) is 7.11 Å². The first-order valence-electron chi connectivity index (χ1n) is 7.47. The molecule has 4 aromatic rings. The molecule has 0 aliphatic rings. The lowest BCUT2D eigenvalue weighted by atomic mass is 10.1. The van der Waals surface area contributed by atoms with Crippen LogP contribution < -0.4 is 4.74 Å². The molecule has 0 aliphatic heterocycles. The highest BCUT2D eigenvalue weighted by atomic mass is 32.1. The number of carbonyl (C=O) groups excluding carboxylic acids is 1. The van der Waals surface area contributed by atoms with Crippen LogP contribution in [0.3, 0.4) is 0 Å². The summed E-state index contributed by atoms with van der Waals surface area (Å²) < 4.78 is 5.19. The molecule has 0 saturated carbocycles. The molecule has 24 heavy (non-hydrogen) atoms. The number of pyridine rings is 1. The predicted octanol–water partition coefficient (Wildman–Crippen LogP) is 4.53. The topological polar surface area (TPSA) is 55.0 Å². The first-order valence-corrected chi connectivity index (χ1v) is 8.28. The molecule has 0 bridgehead atoms. The number of methoxy groups -OCH3 is 1. The van der Waals surface area contributed by atoms with Crippen LogP contribution in [0.5, 0.6) is 5.75 Å². The van der Waals surface area contributed by atoms with Gasteiger partial charge in [-0.1, -0.05) is 12.1 Å². The molecule has 0 aliphatic carbocycles. The van der Waals surface area contributed by atoms with Gasteiger partial charge in [0.05, 0.1) is 12.0 Å². The smallest absolute Gasteiger partial charge is 0.203 e. The van der Waals surface area contributed by atoms with Crippen molar-refractivity contribution in [1.29, 1.82) is 0 Å². The second-order valence-corrected chi connectivity index (χ2v) is 6.45. The lowest BCUT2D eigenvalue weighted by Gasteiger charge is -2.02. The standard InChI is InChI=1S/C19H14N2O2S/c1-23-15-4-2-3-12(10-15)18(22)17-6-5-16(24-17)14-9-13-7-8-20-19(13)21-11-14/h2-11H,1H3,(H,20,21). The molecule has 0 radical (unpaired) electrons. The molecular weight excluding hydrogens is 320 g/mol. The van der Waals surface area contributed by atoms with Crippen molar-refractivity contribution in [1.82, 2.24) is 9.97 Å². The Hall–Kier alpha value is -2.92. The van der Waals surface area contributed by atoms with E-state index >= 15 is 0 Å². The number of ether oxygens (including phenoxy) is 1. The van der Waals surface area contributed by atoms with E-state index in [0.717, 1.165) is 21.5 Å². The summed E-state index contributed by atoms with van der Waals surface area (Å²) in [5.41, 5.74) is 2.50. The van der Waals surface area contributed by atoms with E-state index in [9.17, 15) is 4.79 Å². The third-order valence-electron chi connectivity index (χ3n) is 3.85. The maximum atomic E-state index is 12.7. The quantitative estimate of drug-likeness (QED) is 0.558. The van der Waals surface area contributed by atoms with Crippen LogP contribution in [-0.2, 0) is 0 Å². The van der Waals surface area contributed by atoms with E-state index in [1.165, 1.54) is 11.3 Å². The predicted molar refractivity (Wildman–Crippen MR) is 95.8 cm³/mol. The molecule has 3 heterocycles. The van der Waals surface area contributed by atoms with Gasteiger partial charge in [-0.25, -0.2) is 4.98 Å². The lowest BCUT2D eigenvalue weighted by Crippen LogP contribution is -1.98. The van der Waals surface area contributed by atoms with Gasteiger partial charge in [0.2, 0.25) is 5.78 Å². The minimum atomic E-state index is 0.000770. The number of benzene rings is 1. The van der Waals surface area contributed by atoms with E-state index in [-0.39, 0.29) is 5.78 Å². The summed E-state index contributed by atoms with van der Waals surface area (Å²) in [6, 6.07) is 15.1. The molecular formula is C19H14N2O2S. The zero-order valence-electron chi connectivity index (χ0n) is 12.9. The molecule has 4 nitrogen and oxygen atoms in total. The average Bonchev–Trinajstić information content (AvgIpc) is 3.29. The van der Waals surface area contributed by atoms with Crippen molar-refractivity contribution in [3.8, 4) is 16.2 Å². The molecule has 5 heteroatoms. The van der Waals surface area contributed by atoms with E-state index in [2.05, 4.69) is 16.0 Å². The normalized spacial score (nSPS) is 10.9. The molecule has 1 N–H and O–H groups in total. The number of carbonyl (C=O) groups is 1. The number of fused-ring (bicyclic) bond motifs is 1. The van der Waals surface area contributed by atoms with Gasteiger partial charge in [-0.3, -0.25) is 4.79 Å². The summed E-state index contributed by atoms with van der Waals surface area (Å²) in [5, 5.41) is 1.06. The SMILES string of the molecule is COc1cccc(C(=O)c2ccc(-c3cnc4[nH]ccc4c3)s2)c1. The zero-order chi connectivity index (χ0) is 16.5. The van der Waals surface area contributed by atoms with Gasteiger partial charge in [-0.05, 0) is 36.4 Å². The number of aromatic nitrogens is 2. The van der Waals surface area contributed by atoms with Gasteiger partial charge >= 0.3 is 0 Å². The summed E-state index contributed by atoms with van der Waals surface area (Å²) in [6.07, 6.45) is 3.69. The van der Waals surface area contributed by atoms with Crippen LogP contribution >= 0.6 is 11.3 Å². The molecule has 0 atom stereocenters. The molecule has 1 aromatic carbocycles. The maximum Gasteiger partial charge on any atom is 0.203 e. The van der Waals surface area contributed by atoms with Gasteiger partial charge in [-0.15, -0.1) is 11.3 Å². The third-order valence-corrected chi connectivity index (χ3v) is 4.98. The Labute approximate surface area is 142 Å². The molecule has 0 amide bonds. The van der Waals surface area contributed by atoms with Crippen LogP contribution in [-0.4, -0.2) is 22.9 Å². The van der Waals surface area contributed by atoms with Crippen molar-refractivity contribution < 1.29 is 9.53 Å². The van der Waals surface area contributed by atoms with Crippen molar-refractivity contribution in [2.24, 2.45) is 0 Å². The van der Waals surface area contributed by atoms with Gasteiger partial charge in [0.15, 0.2) is 0 Å². The number of nitrogens with one attached hydrogen (secondary N) is 1. The number of aromatic amines is 1. The van der Waals surface area contributed by atoms with Crippen LogP contribution in [0.1, 0.15) is 15.2 Å². The highest BCUT2D eigenvalue weighted by Crippen LogP contribution is 2.31. The summed E-state index contributed by atoms with van der Waals surface area (Å²) in [4.78, 5) is 21.9. The number of thiophene rings is 1. The fourth-order valence-corrected chi connectivity index (χ4v) is 3.55. The molecule has 118 valence electrons. The van der Waals surface area contributed by atoms with E-state index < -0.39 is 0 Å². The summed E-state index contributed by atoms with van der Waals surface area (Å²) >= 11 is 1.47. The number of ketones is 1. The van der Waals surface area contributed by atoms with Crippen LogP contribution in [0, 0.1) is 0 Å². The first-order chi connectivity index (χ1) is 11.7. The van der Waals surface area contributed by atoms with Crippen LogP contribution in [0.2, 0.25) is 0 Å². The minimum Gasteiger partial charge on any atom is -0.497 e. The van der Waals surface area contributed by atoms with Gasteiger partial charge in [0, 0.05) is 33.8 Å². The third kappa shape index (κ3) is 2.59. The van der Waals surface area contributed by atoms with Crippen LogP contribution in [0.4, 0.5) is 0 Å². The Morgan fingerprint density at radius 2 is 2.08 bits per heavy atom. The zero-order valence-corrected chi connectivity index (χ0v) is 13.8. The van der Waals surface area contributed by atoms with Gasteiger partial charge in [-0.2, -0.15) is 0 Å². The monoisotopic (exact) mass is 334 g/mol. The van der Waals surface area contributed by atoms with E-state index in [1.807, 2.05) is 42.7 Å². The molecule has 0 spiro atoms. The first kappa shape index (κ1) is 14.7. The Balaban J connectivity index is 1.67. The van der Waals surface area contributed by atoms with E-state index in [0.29, 0.717) is 16.2 Å². The summed E-state index contributed by atoms with van der Waals surface area (Å²) in [6.45, 7) is 0. The number of rotatable bonds is 4. The molecule has 3 aromatic heterocycles. The van der Waals surface area contributed by atoms with Gasteiger partial charge in [0.1, 0.15) is 11.4 Å². The highest BCUT2D eigenvalue weighted by Gasteiger charge is 2.14. The van der Waals surface area contributed by atoms with Gasteiger partial charge < -0.3 is 9.72 Å². The van der Waals surface area contributed by atoms with Crippen LogP contribution in [0.15, 0.2) is 60.9 Å². The highest BCUT2D eigenvalue weighted by molar-refractivity contribution is 7.17. The maximum absolute atomic E-state index is 12.7. The summed E-state index contributed by atoms with van der Waals surface area (Å²) in [7, 11) is 1.59. The van der Waals surface area contributed by atoms with Crippen molar-refractivity contribution in [3.63, 3.8) is 0 Å². The molecule has 0 saturated heterocycles. The van der Waals surface area contributed by atoms with E-state index in [4.69, 9.17) is 4.74 Å². The molecule has 0 fully saturated rings. The van der Waals surface area contributed by atoms with Crippen molar-refractivity contribution >= 4 is 28.2 Å². The van der Waals surface area contributed by atoms with Crippen molar-refractivity contribution in [3.05, 3.63) is 71.4 Å². The minimum absolute atomic E-state index is 0.000770. The van der Waals surface area contributed by atoms with E-state index in [1.54, 1.807) is 19.2 Å². The molecule has 0 unspecified atom stereocenters.